The fraction of sp³-hybridized carbons (Fsp3) is 0.800. The van der Waals surface area contributed by atoms with Crippen LogP contribution in [0.5, 0.6) is 0 Å². The maximum atomic E-state index is 11.2. The average Bonchev–Trinajstić information content (AvgIpc) is 2.12. The summed E-state index contributed by atoms with van der Waals surface area (Å²) in [6.45, 7) is 5.39. The predicted octanol–water partition coefficient (Wildman–Crippen LogP) is 0.166. The number of hydrogen-bond donors (Lipinski definition) is 4. The van der Waals surface area contributed by atoms with Gasteiger partial charge in [-0.2, -0.15) is 0 Å². The van der Waals surface area contributed by atoms with Gasteiger partial charge in [-0.15, -0.1) is 0 Å². The van der Waals surface area contributed by atoms with Crippen molar-refractivity contribution >= 4 is 12.0 Å². The van der Waals surface area contributed by atoms with Crippen LogP contribution in [0.2, 0.25) is 0 Å². The van der Waals surface area contributed by atoms with Gasteiger partial charge in [0.2, 0.25) is 0 Å². The zero-order chi connectivity index (χ0) is 12.7. The van der Waals surface area contributed by atoms with Gasteiger partial charge >= 0.3 is 12.0 Å². The van der Waals surface area contributed by atoms with Crippen LogP contribution in [0, 0.1) is 5.92 Å². The zero-order valence-corrected chi connectivity index (χ0v) is 9.86. The molecule has 2 amide bonds. The molecule has 0 heterocycles. The number of nitrogens with one attached hydrogen (secondary N) is 2. The second kappa shape index (κ2) is 7.05. The topological polar surface area (TPSA) is 98.7 Å². The number of rotatable bonds is 6. The third kappa shape index (κ3) is 7.05. The van der Waals surface area contributed by atoms with Crippen molar-refractivity contribution < 1.29 is 19.8 Å². The van der Waals surface area contributed by atoms with Crippen LogP contribution in [-0.4, -0.2) is 40.9 Å². The van der Waals surface area contributed by atoms with Gasteiger partial charge in [0, 0.05) is 6.54 Å². The van der Waals surface area contributed by atoms with E-state index in [1.165, 1.54) is 6.92 Å². The van der Waals surface area contributed by atoms with Crippen molar-refractivity contribution in [3.63, 3.8) is 0 Å². The van der Waals surface area contributed by atoms with E-state index in [1.54, 1.807) is 0 Å². The molecule has 0 saturated heterocycles. The van der Waals surface area contributed by atoms with Crippen LogP contribution >= 0.6 is 0 Å². The van der Waals surface area contributed by atoms with Crippen molar-refractivity contribution in [2.24, 2.45) is 5.92 Å². The van der Waals surface area contributed by atoms with Crippen molar-refractivity contribution in [2.75, 3.05) is 6.54 Å². The van der Waals surface area contributed by atoms with Crippen LogP contribution in [-0.2, 0) is 4.79 Å². The molecule has 6 nitrogen and oxygen atoms in total. The molecule has 0 aromatic rings. The third-order valence-corrected chi connectivity index (χ3v) is 1.87. The number of hydrogen-bond acceptors (Lipinski definition) is 3. The van der Waals surface area contributed by atoms with E-state index in [0.29, 0.717) is 6.42 Å². The highest BCUT2D eigenvalue weighted by atomic mass is 16.4. The summed E-state index contributed by atoms with van der Waals surface area (Å²) < 4.78 is 0. The fourth-order valence-corrected chi connectivity index (χ4v) is 1.14. The molecule has 0 radical (unpaired) electrons. The van der Waals surface area contributed by atoms with Crippen molar-refractivity contribution in [1.82, 2.24) is 10.6 Å². The summed E-state index contributed by atoms with van der Waals surface area (Å²) in [5.41, 5.74) is 0. The summed E-state index contributed by atoms with van der Waals surface area (Å²) in [5, 5.41) is 22.5. The van der Waals surface area contributed by atoms with Crippen LogP contribution in [0.1, 0.15) is 27.2 Å². The predicted molar refractivity (Wildman–Crippen MR) is 59.1 cm³/mol. The molecule has 0 unspecified atom stereocenters. The molecule has 16 heavy (non-hydrogen) atoms. The Kier molecular flexibility index (Phi) is 6.48. The minimum absolute atomic E-state index is 0.0971. The van der Waals surface area contributed by atoms with Gasteiger partial charge in [0.05, 0.1) is 6.10 Å². The normalized spacial score (nSPS) is 14.3. The molecular weight excluding hydrogens is 212 g/mol. The summed E-state index contributed by atoms with van der Waals surface area (Å²) in [7, 11) is 0. The van der Waals surface area contributed by atoms with E-state index in [0.717, 1.165) is 0 Å². The highest BCUT2D eigenvalue weighted by molar-refractivity contribution is 5.82. The van der Waals surface area contributed by atoms with E-state index in [-0.39, 0.29) is 12.5 Å². The van der Waals surface area contributed by atoms with Gasteiger partial charge in [0.15, 0.2) is 0 Å². The van der Waals surface area contributed by atoms with E-state index in [9.17, 15) is 9.59 Å². The largest absolute Gasteiger partial charge is 0.480 e. The monoisotopic (exact) mass is 232 g/mol. The van der Waals surface area contributed by atoms with Crippen molar-refractivity contribution in [2.45, 2.75) is 39.3 Å². The Morgan fingerprint density at radius 1 is 1.25 bits per heavy atom. The summed E-state index contributed by atoms with van der Waals surface area (Å²) in [6.07, 6.45) is -0.281. The first kappa shape index (κ1) is 14.7. The first-order chi connectivity index (χ1) is 7.32. The molecule has 0 aliphatic heterocycles. The summed E-state index contributed by atoms with van der Waals surface area (Å²) in [6, 6.07) is -1.47. The summed E-state index contributed by atoms with van der Waals surface area (Å²) in [4.78, 5) is 22.1. The van der Waals surface area contributed by atoms with Gasteiger partial charge in [-0.05, 0) is 19.3 Å². The SMILES string of the molecule is CC(C)C[C@@H](NC(=O)NC[C@H](C)O)C(=O)O. The molecule has 0 aromatic heterocycles. The zero-order valence-electron chi connectivity index (χ0n) is 9.86. The summed E-state index contributed by atoms with van der Waals surface area (Å²) >= 11 is 0. The number of carbonyl (C=O) groups excluding carboxylic acids is 1. The van der Waals surface area contributed by atoms with Gasteiger partial charge in [0.1, 0.15) is 6.04 Å². The lowest BCUT2D eigenvalue weighted by molar-refractivity contribution is -0.139. The van der Waals surface area contributed by atoms with E-state index in [4.69, 9.17) is 10.2 Å². The van der Waals surface area contributed by atoms with Crippen LogP contribution < -0.4 is 10.6 Å². The number of urea groups is 1. The first-order valence-electron chi connectivity index (χ1n) is 5.28. The minimum Gasteiger partial charge on any atom is -0.480 e. The van der Waals surface area contributed by atoms with Crippen LogP contribution in [0.25, 0.3) is 0 Å². The molecule has 0 fully saturated rings. The van der Waals surface area contributed by atoms with E-state index in [1.807, 2.05) is 13.8 Å². The molecular formula is C10H20N2O4. The van der Waals surface area contributed by atoms with E-state index >= 15 is 0 Å². The quantitative estimate of drug-likeness (QED) is 0.524. The molecule has 6 heteroatoms. The Labute approximate surface area is 95.0 Å². The lowest BCUT2D eigenvalue weighted by Crippen LogP contribution is -2.47. The second-order valence-electron chi connectivity index (χ2n) is 4.22. The Bertz CT molecular complexity index is 241. The molecule has 0 spiro atoms. The van der Waals surface area contributed by atoms with E-state index in [2.05, 4.69) is 10.6 Å². The van der Waals surface area contributed by atoms with Gasteiger partial charge in [-0.25, -0.2) is 9.59 Å². The Morgan fingerprint density at radius 3 is 2.19 bits per heavy atom. The standard InChI is InChI=1S/C10H20N2O4/c1-6(2)4-8(9(14)15)12-10(16)11-5-7(3)13/h6-8,13H,4-5H2,1-3H3,(H,14,15)(H2,11,12,16)/t7-,8+/m0/s1. The van der Waals surface area contributed by atoms with Crippen molar-refractivity contribution in [3.8, 4) is 0 Å². The van der Waals surface area contributed by atoms with Crippen LogP contribution in [0.15, 0.2) is 0 Å². The smallest absolute Gasteiger partial charge is 0.326 e. The second-order valence-corrected chi connectivity index (χ2v) is 4.22. The van der Waals surface area contributed by atoms with Gasteiger partial charge in [0.25, 0.3) is 0 Å². The maximum Gasteiger partial charge on any atom is 0.326 e. The van der Waals surface area contributed by atoms with Gasteiger partial charge in [-0.3, -0.25) is 0 Å². The number of aliphatic hydroxyl groups is 1. The highest BCUT2D eigenvalue weighted by Gasteiger charge is 2.20. The lowest BCUT2D eigenvalue weighted by atomic mass is 10.0. The maximum absolute atomic E-state index is 11.2. The molecule has 0 rings (SSSR count). The van der Waals surface area contributed by atoms with Crippen molar-refractivity contribution in [3.05, 3.63) is 0 Å². The lowest BCUT2D eigenvalue weighted by Gasteiger charge is -2.17. The van der Waals surface area contributed by atoms with E-state index < -0.39 is 24.1 Å². The molecule has 0 aromatic carbocycles. The van der Waals surface area contributed by atoms with Crippen LogP contribution in [0.4, 0.5) is 4.79 Å². The Balaban J connectivity index is 4.08. The van der Waals surface area contributed by atoms with Gasteiger partial charge < -0.3 is 20.8 Å². The van der Waals surface area contributed by atoms with Crippen molar-refractivity contribution in [1.29, 1.82) is 0 Å². The average molecular weight is 232 g/mol. The molecule has 0 bridgehead atoms. The highest BCUT2D eigenvalue weighted by Crippen LogP contribution is 2.04. The number of aliphatic hydroxyl groups excluding tert-OH is 1. The minimum atomic E-state index is -1.05. The third-order valence-electron chi connectivity index (χ3n) is 1.87. The number of carboxylic acids is 1. The number of carbonyl (C=O) groups is 2. The van der Waals surface area contributed by atoms with Crippen LogP contribution in [0.3, 0.4) is 0 Å². The fourth-order valence-electron chi connectivity index (χ4n) is 1.14. The molecule has 2 atom stereocenters. The molecule has 94 valence electrons. The first-order valence-corrected chi connectivity index (χ1v) is 5.28. The molecule has 0 aliphatic carbocycles. The summed E-state index contributed by atoms with van der Waals surface area (Å²) in [5.74, 6) is -0.876. The number of amides is 2. The van der Waals surface area contributed by atoms with Gasteiger partial charge in [-0.1, -0.05) is 13.8 Å². The Hall–Kier alpha value is -1.30. The Morgan fingerprint density at radius 2 is 1.81 bits per heavy atom. The number of carboxylic acid groups (broad SMARTS) is 1. The molecule has 0 aliphatic rings. The molecule has 0 saturated carbocycles. The number of aliphatic carboxylic acids is 1. The molecule has 4 N–H and O–H groups in total.